The van der Waals surface area contributed by atoms with Gasteiger partial charge in [0.25, 0.3) is 6.10 Å². The van der Waals surface area contributed by atoms with Crippen LogP contribution in [0.4, 0.5) is 43.9 Å². The zero-order valence-electron chi connectivity index (χ0n) is 15.8. The Balaban J connectivity index is 2.46. The lowest BCUT2D eigenvalue weighted by Gasteiger charge is -2.24. The zero-order chi connectivity index (χ0) is 21.8. The first-order chi connectivity index (χ1) is 13.4. The highest BCUT2D eigenvalue weighted by Gasteiger charge is 2.59. The van der Waals surface area contributed by atoms with Gasteiger partial charge in [0, 0.05) is 18.8 Å². The number of nitrogens with one attached hydrogen (secondary N) is 1. The molecular formula is C17H19F6N5O. The minimum absolute atomic E-state index is 0.113. The molecule has 0 aliphatic rings. The molecule has 0 bridgehead atoms. The molecule has 0 aliphatic carbocycles. The van der Waals surface area contributed by atoms with Crippen molar-refractivity contribution in [1.29, 1.82) is 0 Å². The number of hydrogen-bond acceptors (Lipinski definition) is 6. The van der Waals surface area contributed by atoms with Crippen molar-refractivity contribution in [3.8, 4) is 6.01 Å². The molecule has 1 N–H and O–H groups in total. The van der Waals surface area contributed by atoms with Gasteiger partial charge in [-0.05, 0) is 38.5 Å². The first-order valence-electron chi connectivity index (χ1n) is 8.58. The van der Waals surface area contributed by atoms with Gasteiger partial charge in [-0.2, -0.15) is 41.3 Å². The van der Waals surface area contributed by atoms with Crippen LogP contribution in [0.2, 0.25) is 0 Å². The maximum absolute atomic E-state index is 12.8. The summed E-state index contributed by atoms with van der Waals surface area (Å²) >= 11 is 0. The van der Waals surface area contributed by atoms with E-state index >= 15 is 0 Å². The number of alkyl halides is 6. The zero-order valence-corrected chi connectivity index (χ0v) is 15.8. The molecule has 0 aliphatic heterocycles. The van der Waals surface area contributed by atoms with E-state index in [1.807, 2.05) is 13.0 Å². The van der Waals surface area contributed by atoms with Crippen LogP contribution in [0.15, 0.2) is 24.3 Å². The summed E-state index contributed by atoms with van der Waals surface area (Å²) in [6, 6.07) is 5.78. The average Bonchev–Trinajstić information content (AvgIpc) is 2.59. The third-order valence-electron chi connectivity index (χ3n) is 3.74. The fourth-order valence-corrected chi connectivity index (χ4v) is 2.38. The maximum atomic E-state index is 12.8. The van der Waals surface area contributed by atoms with Crippen molar-refractivity contribution in [2.45, 2.75) is 39.2 Å². The minimum Gasteiger partial charge on any atom is -0.440 e. The molecule has 0 amide bonds. The van der Waals surface area contributed by atoms with Crippen LogP contribution in [0.1, 0.15) is 19.4 Å². The molecule has 12 heteroatoms. The first-order valence-corrected chi connectivity index (χ1v) is 8.58. The van der Waals surface area contributed by atoms with Crippen molar-refractivity contribution in [1.82, 2.24) is 15.0 Å². The second-order valence-electron chi connectivity index (χ2n) is 5.99. The fraction of sp³-hybridized carbons (Fsp3) is 0.471. The Hall–Kier alpha value is -2.79. The molecule has 1 aromatic heterocycles. The van der Waals surface area contributed by atoms with E-state index in [9.17, 15) is 26.3 Å². The average molecular weight is 423 g/mol. The third-order valence-corrected chi connectivity index (χ3v) is 3.74. The highest BCUT2D eigenvalue weighted by atomic mass is 19.4. The molecule has 160 valence electrons. The number of rotatable bonds is 7. The van der Waals surface area contributed by atoms with E-state index < -0.39 is 24.5 Å². The van der Waals surface area contributed by atoms with E-state index in [1.165, 1.54) is 4.90 Å². The molecule has 29 heavy (non-hydrogen) atoms. The number of hydrogen-bond donors (Lipinski definition) is 1. The molecule has 0 atom stereocenters. The Labute approximate surface area is 162 Å². The molecule has 6 nitrogen and oxygen atoms in total. The molecule has 0 unspecified atom stereocenters. The number of aromatic nitrogens is 3. The Morgan fingerprint density at radius 1 is 1.00 bits per heavy atom. The van der Waals surface area contributed by atoms with Gasteiger partial charge in [-0.1, -0.05) is 12.1 Å². The quantitative estimate of drug-likeness (QED) is 0.655. The van der Waals surface area contributed by atoms with Crippen molar-refractivity contribution in [3.05, 3.63) is 29.8 Å². The van der Waals surface area contributed by atoms with Crippen molar-refractivity contribution < 1.29 is 31.1 Å². The first kappa shape index (κ1) is 22.5. The number of halogens is 6. The summed E-state index contributed by atoms with van der Waals surface area (Å²) in [6.45, 7) is 6.01. The van der Waals surface area contributed by atoms with Crippen LogP contribution < -0.4 is 15.0 Å². The molecule has 0 spiro atoms. The number of anilines is 3. The standard InChI is InChI=1S/C17H19F6N5O/c1-4-28(5-2)14-25-13(24-11-8-6-7-10(3)9-11)26-15(27-14)29-12(16(18,19)20)17(21,22)23/h6-9,12H,4-5H2,1-3H3,(H,24,25,26,27). The van der Waals surface area contributed by atoms with Crippen molar-refractivity contribution in [3.63, 3.8) is 0 Å². The van der Waals surface area contributed by atoms with Crippen LogP contribution in [0, 0.1) is 6.92 Å². The SMILES string of the molecule is CCN(CC)c1nc(Nc2cccc(C)c2)nc(OC(C(F)(F)F)C(F)(F)F)n1. The van der Waals surface area contributed by atoms with Crippen molar-refractivity contribution in [2.75, 3.05) is 23.3 Å². The molecule has 2 rings (SSSR count). The molecular weight excluding hydrogens is 404 g/mol. The van der Waals surface area contributed by atoms with E-state index in [0.717, 1.165) is 5.56 Å². The highest BCUT2D eigenvalue weighted by molar-refractivity contribution is 5.55. The molecule has 2 aromatic rings. The topological polar surface area (TPSA) is 63.2 Å². The normalized spacial score (nSPS) is 12.2. The largest absolute Gasteiger partial charge is 0.440 e. The summed E-state index contributed by atoms with van der Waals surface area (Å²) in [5.74, 6) is -0.358. The molecule has 1 heterocycles. The van der Waals surface area contributed by atoms with Crippen LogP contribution in [0.3, 0.4) is 0 Å². The van der Waals surface area contributed by atoms with E-state index in [-0.39, 0.29) is 11.9 Å². The molecule has 0 fully saturated rings. The van der Waals surface area contributed by atoms with E-state index in [4.69, 9.17) is 0 Å². The number of benzene rings is 1. The Morgan fingerprint density at radius 2 is 1.62 bits per heavy atom. The maximum Gasteiger partial charge on any atom is 0.434 e. The Kier molecular flexibility index (Phi) is 6.75. The predicted octanol–water partition coefficient (Wildman–Crippen LogP) is 4.64. The summed E-state index contributed by atoms with van der Waals surface area (Å²) in [5.41, 5.74) is 1.37. The van der Waals surface area contributed by atoms with Gasteiger partial charge in [-0.3, -0.25) is 0 Å². The van der Waals surface area contributed by atoms with E-state index in [2.05, 4.69) is 25.0 Å². The lowest BCUT2D eigenvalue weighted by molar-refractivity contribution is -0.301. The van der Waals surface area contributed by atoms with Gasteiger partial charge in [0.05, 0.1) is 0 Å². The second kappa shape index (κ2) is 8.70. The van der Waals surface area contributed by atoms with Gasteiger partial charge in [-0.25, -0.2) is 0 Å². The van der Waals surface area contributed by atoms with Crippen LogP contribution >= 0.6 is 0 Å². The van der Waals surface area contributed by atoms with Gasteiger partial charge >= 0.3 is 18.4 Å². The monoisotopic (exact) mass is 423 g/mol. The van der Waals surface area contributed by atoms with Gasteiger partial charge in [-0.15, -0.1) is 0 Å². The Bertz CT molecular complexity index is 809. The third kappa shape index (κ3) is 6.09. The highest BCUT2D eigenvalue weighted by Crippen LogP contribution is 2.36. The van der Waals surface area contributed by atoms with E-state index in [0.29, 0.717) is 18.8 Å². The van der Waals surface area contributed by atoms with E-state index in [1.54, 1.807) is 32.0 Å². The van der Waals surface area contributed by atoms with Crippen molar-refractivity contribution >= 4 is 17.6 Å². The predicted molar refractivity (Wildman–Crippen MR) is 94.4 cm³/mol. The van der Waals surface area contributed by atoms with Crippen molar-refractivity contribution in [2.24, 2.45) is 0 Å². The summed E-state index contributed by atoms with van der Waals surface area (Å²) in [6.07, 6.45) is -15.4. The second-order valence-corrected chi connectivity index (χ2v) is 5.99. The van der Waals surface area contributed by atoms with Gasteiger partial charge in [0.1, 0.15) is 0 Å². The van der Waals surface area contributed by atoms with Crippen LogP contribution in [0.5, 0.6) is 6.01 Å². The molecule has 1 aromatic carbocycles. The van der Waals surface area contributed by atoms with Crippen LogP contribution in [0.25, 0.3) is 0 Å². The van der Waals surface area contributed by atoms with Gasteiger partial charge in [0.15, 0.2) is 0 Å². The summed E-state index contributed by atoms with van der Waals surface area (Å²) in [4.78, 5) is 12.9. The smallest absolute Gasteiger partial charge is 0.434 e. The fourth-order valence-electron chi connectivity index (χ4n) is 2.38. The van der Waals surface area contributed by atoms with Crippen LogP contribution in [-0.4, -0.2) is 46.5 Å². The lowest BCUT2D eigenvalue weighted by Crippen LogP contribution is -2.47. The summed E-state index contributed by atoms with van der Waals surface area (Å²) in [5, 5.41) is 2.75. The minimum atomic E-state index is -5.69. The molecule has 0 radical (unpaired) electrons. The lowest BCUT2D eigenvalue weighted by atomic mass is 10.2. The summed E-state index contributed by atoms with van der Waals surface area (Å²) in [7, 11) is 0. The number of nitrogens with zero attached hydrogens (tertiary/aromatic N) is 4. The Morgan fingerprint density at radius 3 is 2.14 bits per heavy atom. The van der Waals surface area contributed by atoms with Crippen LogP contribution in [-0.2, 0) is 0 Å². The molecule has 0 saturated carbocycles. The molecule has 0 saturated heterocycles. The number of ether oxygens (including phenoxy) is 1. The number of aryl methyl sites for hydroxylation is 1. The van der Waals surface area contributed by atoms with Gasteiger partial charge < -0.3 is 15.0 Å². The van der Waals surface area contributed by atoms with Gasteiger partial charge in [0.2, 0.25) is 11.9 Å². The summed E-state index contributed by atoms with van der Waals surface area (Å²) < 4.78 is 81.2.